The molecule has 2 N–H and O–H groups in total. The summed E-state index contributed by atoms with van der Waals surface area (Å²) in [6.45, 7) is 0. The number of H-pyrrole nitrogens is 1. The van der Waals surface area contributed by atoms with E-state index in [-0.39, 0.29) is 5.69 Å². The molecule has 5 nitrogen and oxygen atoms in total. The van der Waals surface area contributed by atoms with Crippen molar-refractivity contribution in [2.45, 2.75) is 0 Å². The second-order valence-electron chi connectivity index (χ2n) is 2.28. The van der Waals surface area contributed by atoms with E-state index in [2.05, 4.69) is 15.2 Å². The van der Waals surface area contributed by atoms with Gasteiger partial charge in [0.2, 0.25) is 0 Å². The van der Waals surface area contributed by atoms with Crippen LogP contribution in [0.15, 0.2) is 18.5 Å². The van der Waals surface area contributed by atoms with E-state index in [9.17, 15) is 4.79 Å². The highest BCUT2D eigenvalue weighted by molar-refractivity contribution is 6.00. The van der Waals surface area contributed by atoms with Crippen LogP contribution in [0, 0.1) is 0 Å². The SMILES string of the molecule is O=C(O)c1nccc2n[nH]cc12. The average Bonchev–Trinajstić information content (AvgIpc) is 2.49. The molecule has 0 amide bonds. The van der Waals surface area contributed by atoms with E-state index in [0.717, 1.165) is 0 Å². The predicted molar refractivity (Wildman–Crippen MR) is 40.8 cm³/mol. The highest BCUT2D eigenvalue weighted by atomic mass is 16.4. The van der Waals surface area contributed by atoms with Crippen LogP contribution in [-0.2, 0) is 0 Å². The van der Waals surface area contributed by atoms with Gasteiger partial charge < -0.3 is 5.11 Å². The molecular weight excluding hydrogens is 158 g/mol. The van der Waals surface area contributed by atoms with Gasteiger partial charge in [0.25, 0.3) is 0 Å². The molecule has 0 radical (unpaired) electrons. The zero-order valence-electron chi connectivity index (χ0n) is 5.98. The summed E-state index contributed by atoms with van der Waals surface area (Å²) in [5.41, 5.74) is 0.642. The molecule has 0 saturated carbocycles. The molecule has 2 rings (SSSR count). The number of carbonyl (C=O) groups is 1. The third kappa shape index (κ3) is 0.833. The normalized spacial score (nSPS) is 10.3. The lowest BCUT2D eigenvalue weighted by Gasteiger charge is -1.92. The lowest BCUT2D eigenvalue weighted by Crippen LogP contribution is -1.99. The van der Waals surface area contributed by atoms with E-state index in [1.54, 1.807) is 6.07 Å². The number of nitrogens with zero attached hydrogens (tertiary/aromatic N) is 2. The van der Waals surface area contributed by atoms with Crippen LogP contribution in [0.5, 0.6) is 0 Å². The third-order valence-electron chi connectivity index (χ3n) is 1.56. The van der Waals surface area contributed by atoms with Crippen molar-refractivity contribution >= 4 is 16.9 Å². The Morgan fingerprint density at radius 3 is 3.17 bits per heavy atom. The second kappa shape index (κ2) is 2.30. The lowest BCUT2D eigenvalue weighted by molar-refractivity contribution is 0.0693. The number of hydrogen-bond donors (Lipinski definition) is 2. The molecule has 0 spiro atoms. The molecule has 60 valence electrons. The Balaban J connectivity index is 2.82. The Morgan fingerprint density at radius 1 is 1.58 bits per heavy atom. The summed E-state index contributed by atoms with van der Waals surface area (Å²) in [4.78, 5) is 14.3. The number of hydrogen-bond acceptors (Lipinski definition) is 3. The van der Waals surface area contributed by atoms with Crippen molar-refractivity contribution in [2.24, 2.45) is 0 Å². The first-order valence-electron chi connectivity index (χ1n) is 3.31. The molecule has 2 heterocycles. The second-order valence-corrected chi connectivity index (χ2v) is 2.28. The van der Waals surface area contributed by atoms with Crippen LogP contribution in [0.1, 0.15) is 10.5 Å². The summed E-state index contributed by atoms with van der Waals surface area (Å²) >= 11 is 0. The van der Waals surface area contributed by atoms with E-state index >= 15 is 0 Å². The number of aromatic nitrogens is 3. The summed E-state index contributed by atoms with van der Waals surface area (Å²) in [6, 6.07) is 1.65. The molecule has 0 aromatic carbocycles. The molecular formula is C7H5N3O2. The van der Waals surface area contributed by atoms with E-state index in [0.29, 0.717) is 10.9 Å². The monoisotopic (exact) mass is 163 g/mol. The summed E-state index contributed by atoms with van der Waals surface area (Å²) in [6.07, 6.45) is 2.94. The minimum Gasteiger partial charge on any atom is -0.476 e. The van der Waals surface area contributed by atoms with E-state index in [4.69, 9.17) is 5.11 Å². The van der Waals surface area contributed by atoms with Crippen LogP contribution in [0.25, 0.3) is 10.9 Å². The van der Waals surface area contributed by atoms with Crippen molar-refractivity contribution in [3.05, 3.63) is 24.2 Å². The molecule has 0 saturated heterocycles. The van der Waals surface area contributed by atoms with Crippen LogP contribution in [0.2, 0.25) is 0 Å². The van der Waals surface area contributed by atoms with Crippen LogP contribution < -0.4 is 0 Å². The third-order valence-corrected chi connectivity index (χ3v) is 1.56. The lowest BCUT2D eigenvalue weighted by atomic mass is 10.2. The highest BCUT2D eigenvalue weighted by Gasteiger charge is 2.10. The van der Waals surface area contributed by atoms with E-state index in [1.807, 2.05) is 0 Å². The molecule has 5 heteroatoms. The zero-order valence-corrected chi connectivity index (χ0v) is 5.98. The molecule has 2 aromatic heterocycles. The fraction of sp³-hybridized carbons (Fsp3) is 0. The van der Waals surface area contributed by atoms with Gasteiger partial charge in [0.15, 0.2) is 5.69 Å². The maximum atomic E-state index is 10.6. The number of carboxylic acid groups (broad SMARTS) is 1. The van der Waals surface area contributed by atoms with Gasteiger partial charge in [-0.25, -0.2) is 9.78 Å². The maximum Gasteiger partial charge on any atom is 0.355 e. The van der Waals surface area contributed by atoms with Crippen molar-refractivity contribution in [2.75, 3.05) is 0 Å². The van der Waals surface area contributed by atoms with Gasteiger partial charge in [0.1, 0.15) is 0 Å². The van der Waals surface area contributed by atoms with Gasteiger partial charge in [-0.1, -0.05) is 0 Å². The standard InChI is InChI=1S/C7H5N3O2/c11-7(12)6-4-3-9-10-5(4)1-2-8-6/h1-3H,(H,9,10)(H,11,12). The molecule has 0 unspecified atom stereocenters. The Kier molecular flexibility index (Phi) is 1.30. The van der Waals surface area contributed by atoms with E-state index in [1.165, 1.54) is 12.4 Å². The molecule has 0 aliphatic carbocycles. The molecule has 0 atom stereocenters. The number of aromatic carboxylic acids is 1. The summed E-state index contributed by atoms with van der Waals surface area (Å²) < 4.78 is 0. The summed E-state index contributed by atoms with van der Waals surface area (Å²) in [7, 11) is 0. The van der Waals surface area contributed by atoms with Crippen molar-refractivity contribution in [3.8, 4) is 0 Å². The van der Waals surface area contributed by atoms with Gasteiger partial charge in [-0.2, -0.15) is 5.10 Å². The molecule has 2 aromatic rings. The van der Waals surface area contributed by atoms with E-state index < -0.39 is 5.97 Å². The summed E-state index contributed by atoms with van der Waals surface area (Å²) in [5, 5.41) is 15.6. The molecule has 0 aliphatic rings. The van der Waals surface area contributed by atoms with Crippen molar-refractivity contribution in [1.82, 2.24) is 15.2 Å². The first-order chi connectivity index (χ1) is 5.79. The smallest absolute Gasteiger partial charge is 0.355 e. The van der Waals surface area contributed by atoms with Gasteiger partial charge in [-0.3, -0.25) is 5.10 Å². The van der Waals surface area contributed by atoms with Gasteiger partial charge in [0, 0.05) is 12.4 Å². The number of rotatable bonds is 1. The predicted octanol–water partition coefficient (Wildman–Crippen LogP) is 0.656. The Labute approximate surface area is 67.1 Å². The quantitative estimate of drug-likeness (QED) is 0.647. The average molecular weight is 163 g/mol. The number of carboxylic acids is 1. The van der Waals surface area contributed by atoms with Crippen molar-refractivity contribution in [1.29, 1.82) is 0 Å². The molecule has 0 bridgehead atoms. The van der Waals surface area contributed by atoms with Gasteiger partial charge in [-0.15, -0.1) is 0 Å². The molecule has 12 heavy (non-hydrogen) atoms. The van der Waals surface area contributed by atoms with Crippen LogP contribution in [0.4, 0.5) is 0 Å². The van der Waals surface area contributed by atoms with Gasteiger partial charge >= 0.3 is 5.97 Å². The Morgan fingerprint density at radius 2 is 2.42 bits per heavy atom. The number of fused-ring (bicyclic) bond motifs is 1. The first kappa shape index (κ1) is 6.78. The van der Waals surface area contributed by atoms with Crippen LogP contribution in [-0.4, -0.2) is 26.3 Å². The fourth-order valence-corrected chi connectivity index (χ4v) is 1.04. The largest absolute Gasteiger partial charge is 0.476 e. The Bertz CT molecular complexity index is 435. The van der Waals surface area contributed by atoms with Gasteiger partial charge in [0.05, 0.1) is 10.9 Å². The van der Waals surface area contributed by atoms with Crippen molar-refractivity contribution < 1.29 is 9.90 Å². The van der Waals surface area contributed by atoms with Crippen LogP contribution in [0.3, 0.4) is 0 Å². The number of nitrogens with one attached hydrogen (secondary N) is 1. The first-order valence-corrected chi connectivity index (χ1v) is 3.31. The zero-order chi connectivity index (χ0) is 8.55. The van der Waals surface area contributed by atoms with Crippen molar-refractivity contribution in [3.63, 3.8) is 0 Å². The fourth-order valence-electron chi connectivity index (χ4n) is 1.04. The minimum absolute atomic E-state index is 0.0289. The number of aromatic amines is 1. The Hall–Kier alpha value is -1.91. The maximum absolute atomic E-state index is 10.6. The van der Waals surface area contributed by atoms with Crippen LogP contribution >= 0.6 is 0 Å². The molecule has 0 aliphatic heterocycles. The summed E-state index contributed by atoms with van der Waals surface area (Å²) in [5.74, 6) is -1.04. The minimum atomic E-state index is -1.04. The highest BCUT2D eigenvalue weighted by Crippen LogP contribution is 2.12. The topological polar surface area (TPSA) is 78.9 Å². The number of pyridine rings is 1. The van der Waals surface area contributed by atoms with Gasteiger partial charge in [-0.05, 0) is 6.07 Å². The molecule has 0 fully saturated rings.